The predicted molar refractivity (Wildman–Crippen MR) is 67.5 cm³/mol. The highest BCUT2D eigenvalue weighted by Crippen LogP contribution is 2.11. The van der Waals surface area contributed by atoms with E-state index >= 15 is 0 Å². The van der Waals surface area contributed by atoms with Crippen LogP contribution in [0.2, 0.25) is 0 Å². The van der Waals surface area contributed by atoms with Gasteiger partial charge in [-0.3, -0.25) is 9.69 Å². The Balaban J connectivity index is 2.77. The zero-order chi connectivity index (χ0) is 12.1. The number of carbonyl (C=O) groups is 1. The quantitative estimate of drug-likeness (QED) is 0.758. The second-order valence-electron chi connectivity index (χ2n) is 4.58. The maximum absolute atomic E-state index is 11.7. The van der Waals surface area contributed by atoms with Crippen molar-refractivity contribution < 1.29 is 4.79 Å². The van der Waals surface area contributed by atoms with Gasteiger partial charge in [-0.25, -0.2) is 0 Å². The van der Waals surface area contributed by atoms with Crippen LogP contribution < -0.4 is 0 Å². The summed E-state index contributed by atoms with van der Waals surface area (Å²) in [5.41, 5.74) is 1.22. The third-order valence-corrected chi connectivity index (χ3v) is 3.05. The molecule has 88 valence electrons. The van der Waals surface area contributed by atoms with Crippen LogP contribution in [0.25, 0.3) is 0 Å². The van der Waals surface area contributed by atoms with Gasteiger partial charge in [0.15, 0.2) is 0 Å². The summed E-state index contributed by atoms with van der Waals surface area (Å²) in [5, 5.41) is 0. The average molecular weight is 219 g/mol. The van der Waals surface area contributed by atoms with Gasteiger partial charge in [0, 0.05) is 6.04 Å². The summed E-state index contributed by atoms with van der Waals surface area (Å²) in [6.07, 6.45) is 0.796. The molecule has 1 rings (SSSR count). The van der Waals surface area contributed by atoms with E-state index < -0.39 is 0 Å². The molecule has 0 aromatic heterocycles. The monoisotopic (exact) mass is 219 g/mol. The van der Waals surface area contributed by atoms with E-state index in [1.54, 1.807) is 6.92 Å². The Morgan fingerprint density at radius 2 is 1.81 bits per heavy atom. The van der Waals surface area contributed by atoms with Crippen LogP contribution in [0.15, 0.2) is 30.3 Å². The zero-order valence-corrected chi connectivity index (χ0v) is 10.6. The normalized spacial score (nSPS) is 13.1. The first-order valence-corrected chi connectivity index (χ1v) is 5.78. The highest BCUT2D eigenvalue weighted by atomic mass is 16.1. The molecule has 1 aromatic carbocycles. The molecule has 16 heavy (non-hydrogen) atoms. The number of rotatable bonds is 5. The zero-order valence-electron chi connectivity index (χ0n) is 10.6. The summed E-state index contributed by atoms with van der Waals surface area (Å²) in [6, 6.07) is 10.6. The fourth-order valence-corrected chi connectivity index (χ4v) is 1.77. The largest absolute Gasteiger partial charge is 0.298 e. The highest BCUT2D eigenvalue weighted by Gasteiger charge is 2.21. The minimum Gasteiger partial charge on any atom is -0.298 e. The van der Waals surface area contributed by atoms with Gasteiger partial charge in [-0.2, -0.15) is 0 Å². The molecule has 0 radical (unpaired) electrons. The van der Waals surface area contributed by atoms with Crippen molar-refractivity contribution in [1.82, 2.24) is 4.90 Å². The van der Waals surface area contributed by atoms with E-state index in [0.717, 1.165) is 6.42 Å². The fourth-order valence-electron chi connectivity index (χ4n) is 1.77. The van der Waals surface area contributed by atoms with Crippen LogP contribution in [-0.2, 0) is 11.2 Å². The standard InChI is InChI=1S/C14H21NO/c1-11(2)15(4)14(12(3)16)10-13-8-6-5-7-9-13/h5-9,11,14H,10H2,1-4H3. The Hall–Kier alpha value is -1.15. The Labute approximate surface area is 98.3 Å². The molecular formula is C14H21NO. The van der Waals surface area contributed by atoms with Gasteiger partial charge in [-0.1, -0.05) is 30.3 Å². The lowest BCUT2D eigenvalue weighted by Gasteiger charge is -2.29. The van der Waals surface area contributed by atoms with Crippen molar-refractivity contribution in [3.63, 3.8) is 0 Å². The molecule has 0 amide bonds. The van der Waals surface area contributed by atoms with E-state index in [0.29, 0.717) is 6.04 Å². The third-order valence-electron chi connectivity index (χ3n) is 3.05. The van der Waals surface area contributed by atoms with E-state index in [2.05, 4.69) is 30.9 Å². The molecule has 1 aromatic rings. The predicted octanol–water partition coefficient (Wildman–Crippen LogP) is 2.53. The van der Waals surface area contributed by atoms with Crippen molar-refractivity contribution in [3.8, 4) is 0 Å². The van der Waals surface area contributed by atoms with Gasteiger partial charge in [0.2, 0.25) is 0 Å². The van der Waals surface area contributed by atoms with E-state index in [1.807, 2.05) is 25.2 Å². The molecule has 0 aliphatic heterocycles. The second kappa shape index (κ2) is 5.80. The van der Waals surface area contributed by atoms with Crippen LogP contribution in [0, 0.1) is 0 Å². The molecule has 0 bridgehead atoms. The Morgan fingerprint density at radius 1 is 1.25 bits per heavy atom. The fraction of sp³-hybridized carbons (Fsp3) is 0.500. The second-order valence-corrected chi connectivity index (χ2v) is 4.58. The number of hydrogen-bond acceptors (Lipinski definition) is 2. The van der Waals surface area contributed by atoms with Crippen molar-refractivity contribution in [2.75, 3.05) is 7.05 Å². The van der Waals surface area contributed by atoms with Gasteiger partial charge < -0.3 is 0 Å². The molecule has 0 saturated carbocycles. The van der Waals surface area contributed by atoms with Crippen molar-refractivity contribution in [1.29, 1.82) is 0 Å². The number of benzene rings is 1. The van der Waals surface area contributed by atoms with E-state index in [4.69, 9.17) is 0 Å². The third kappa shape index (κ3) is 3.46. The van der Waals surface area contributed by atoms with Crippen molar-refractivity contribution in [3.05, 3.63) is 35.9 Å². The first-order valence-electron chi connectivity index (χ1n) is 5.78. The summed E-state index contributed by atoms with van der Waals surface area (Å²) in [5.74, 6) is 0.236. The van der Waals surface area contributed by atoms with Crippen molar-refractivity contribution >= 4 is 5.78 Å². The number of nitrogens with zero attached hydrogens (tertiary/aromatic N) is 1. The summed E-state index contributed by atoms with van der Waals surface area (Å²) in [7, 11) is 2.01. The first-order chi connectivity index (χ1) is 7.52. The Bertz CT molecular complexity index is 332. The number of Topliss-reactive ketones (excluding diaryl/α,β-unsaturated/α-hetero) is 1. The lowest BCUT2D eigenvalue weighted by Crippen LogP contribution is -2.43. The van der Waals surface area contributed by atoms with Crippen LogP contribution in [0.4, 0.5) is 0 Å². The summed E-state index contributed by atoms with van der Waals surface area (Å²) >= 11 is 0. The van der Waals surface area contributed by atoms with E-state index in [-0.39, 0.29) is 11.8 Å². The number of likely N-dealkylation sites (N-methyl/N-ethyl adjacent to an activating group) is 1. The smallest absolute Gasteiger partial charge is 0.147 e. The van der Waals surface area contributed by atoms with E-state index in [1.165, 1.54) is 5.56 Å². The minimum atomic E-state index is -0.0117. The molecular weight excluding hydrogens is 198 g/mol. The van der Waals surface area contributed by atoms with Crippen molar-refractivity contribution in [2.45, 2.75) is 39.3 Å². The molecule has 0 saturated heterocycles. The summed E-state index contributed by atoms with van der Waals surface area (Å²) < 4.78 is 0. The SMILES string of the molecule is CC(=O)C(Cc1ccccc1)N(C)C(C)C. The number of carbonyl (C=O) groups excluding carboxylic acids is 1. The lowest BCUT2D eigenvalue weighted by molar-refractivity contribution is -0.122. The maximum atomic E-state index is 11.7. The Morgan fingerprint density at radius 3 is 2.25 bits per heavy atom. The van der Waals surface area contributed by atoms with Gasteiger partial charge >= 0.3 is 0 Å². The molecule has 2 heteroatoms. The van der Waals surface area contributed by atoms with Gasteiger partial charge in [-0.15, -0.1) is 0 Å². The topological polar surface area (TPSA) is 20.3 Å². The summed E-state index contributed by atoms with van der Waals surface area (Å²) in [6.45, 7) is 5.90. The molecule has 0 N–H and O–H groups in total. The average Bonchev–Trinajstić information content (AvgIpc) is 2.26. The summed E-state index contributed by atoms with van der Waals surface area (Å²) in [4.78, 5) is 13.8. The first kappa shape index (κ1) is 12.9. The van der Waals surface area contributed by atoms with Crippen molar-refractivity contribution in [2.24, 2.45) is 0 Å². The van der Waals surface area contributed by atoms with Gasteiger partial charge in [-0.05, 0) is 39.8 Å². The molecule has 1 atom stereocenters. The van der Waals surface area contributed by atoms with Crippen LogP contribution in [0.3, 0.4) is 0 Å². The van der Waals surface area contributed by atoms with Crippen LogP contribution in [-0.4, -0.2) is 29.8 Å². The molecule has 0 heterocycles. The molecule has 0 spiro atoms. The van der Waals surface area contributed by atoms with Gasteiger partial charge in [0.25, 0.3) is 0 Å². The number of ketones is 1. The molecule has 0 aliphatic carbocycles. The van der Waals surface area contributed by atoms with Crippen LogP contribution >= 0.6 is 0 Å². The minimum absolute atomic E-state index is 0.0117. The molecule has 1 unspecified atom stereocenters. The molecule has 0 fully saturated rings. The highest BCUT2D eigenvalue weighted by molar-refractivity contribution is 5.81. The Kier molecular flexibility index (Phi) is 4.69. The molecule has 2 nitrogen and oxygen atoms in total. The molecule has 0 aliphatic rings. The van der Waals surface area contributed by atoms with Crippen LogP contribution in [0.5, 0.6) is 0 Å². The van der Waals surface area contributed by atoms with E-state index in [9.17, 15) is 4.79 Å². The lowest BCUT2D eigenvalue weighted by atomic mass is 10.0. The van der Waals surface area contributed by atoms with Gasteiger partial charge in [0.05, 0.1) is 6.04 Å². The van der Waals surface area contributed by atoms with Gasteiger partial charge in [0.1, 0.15) is 5.78 Å². The maximum Gasteiger partial charge on any atom is 0.147 e. The number of hydrogen-bond donors (Lipinski definition) is 0. The van der Waals surface area contributed by atoms with Crippen LogP contribution in [0.1, 0.15) is 26.3 Å².